The Balaban J connectivity index is 2.05. The van der Waals surface area contributed by atoms with Crippen LogP contribution in [0, 0.1) is 0 Å². The molecular formula is C13H12N6. The average molecular weight is 252 g/mol. The van der Waals surface area contributed by atoms with Gasteiger partial charge in [-0.05, 0) is 34.2 Å². The maximum Gasteiger partial charge on any atom is 0.181 e. The standard InChI is InChI=1S/C13H12N6/c1-19-13(16-17-18-19)10-4-2-3-9(7-10)11-5-6-12(14)15-8-11/h2-8H,1H3,(H2,14,15). The highest BCUT2D eigenvalue weighted by Crippen LogP contribution is 2.24. The van der Waals surface area contributed by atoms with Crippen molar-refractivity contribution >= 4 is 5.82 Å². The first-order chi connectivity index (χ1) is 9.24. The molecule has 0 aliphatic rings. The van der Waals surface area contributed by atoms with E-state index in [-0.39, 0.29) is 0 Å². The van der Waals surface area contributed by atoms with Crippen LogP contribution in [0.25, 0.3) is 22.5 Å². The Morgan fingerprint density at radius 3 is 2.58 bits per heavy atom. The van der Waals surface area contributed by atoms with Crippen molar-refractivity contribution in [2.45, 2.75) is 0 Å². The van der Waals surface area contributed by atoms with Gasteiger partial charge in [0.25, 0.3) is 0 Å². The molecule has 94 valence electrons. The van der Waals surface area contributed by atoms with Gasteiger partial charge in [0.2, 0.25) is 0 Å². The summed E-state index contributed by atoms with van der Waals surface area (Å²) >= 11 is 0. The Kier molecular flexibility index (Phi) is 2.68. The zero-order chi connectivity index (χ0) is 13.2. The van der Waals surface area contributed by atoms with Crippen molar-refractivity contribution in [3.63, 3.8) is 0 Å². The number of aryl methyl sites for hydroxylation is 1. The summed E-state index contributed by atoms with van der Waals surface area (Å²) < 4.78 is 1.64. The molecule has 0 radical (unpaired) electrons. The molecule has 0 amide bonds. The van der Waals surface area contributed by atoms with Crippen LogP contribution in [0.3, 0.4) is 0 Å². The number of pyridine rings is 1. The number of nitrogens with two attached hydrogens (primary N) is 1. The molecule has 0 saturated carbocycles. The maximum atomic E-state index is 5.59. The smallest absolute Gasteiger partial charge is 0.181 e. The average Bonchev–Trinajstić information content (AvgIpc) is 2.86. The van der Waals surface area contributed by atoms with E-state index in [2.05, 4.69) is 20.5 Å². The van der Waals surface area contributed by atoms with Crippen LogP contribution in [0.1, 0.15) is 0 Å². The molecule has 2 N–H and O–H groups in total. The lowest BCUT2D eigenvalue weighted by molar-refractivity contribution is 0.715. The van der Waals surface area contributed by atoms with Crippen LogP contribution in [-0.2, 0) is 7.05 Å². The summed E-state index contributed by atoms with van der Waals surface area (Å²) in [4.78, 5) is 4.10. The lowest BCUT2D eigenvalue weighted by atomic mass is 10.0. The fourth-order valence-electron chi connectivity index (χ4n) is 1.89. The van der Waals surface area contributed by atoms with Crippen LogP contribution in [0.15, 0.2) is 42.6 Å². The van der Waals surface area contributed by atoms with Crippen LogP contribution >= 0.6 is 0 Å². The monoisotopic (exact) mass is 252 g/mol. The zero-order valence-corrected chi connectivity index (χ0v) is 10.4. The molecule has 0 bridgehead atoms. The first-order valence-electron chi connectivity index (χ1n) is 5.79. The highest BCUT2D eigenvalue weighted by Gasteiger charge is 2.07. The van der Waals surface area contributed by atoms with Crippen LogP contribution in [0.2, 0.25) is 0 Å². The van der Waals surface area contributed by atoms with Crippen molar-refractivity contribution in [1.29, 1.82) is 0 Å². The van der Waals surface area contributed by atoms with E-state index in [0.717, 1.165) is 22.5 Å². The van der Waals surface area contributed by atoms with Gasteiger partial charge >= 0.3 is 0 Å². The first kappa shape index (κ1) is 11.3. The highest BCUT2D eigenvalue weighted by molar-refractivity contribution is 5.70. The number of benzene rings is 1. The number of tetrazole rings is 1. The lowest BCUT2D eigenvalue weighted by Gasteiger charge is -2.04. The van der Waals surface area contributed by atoms with Crippen LogP contribution in [-0.4, -0.2) is 25.2 Å². The molecule has 0 unspecified atom stereocenters. The molecule has 2 aromatic heterocycles. The lowest BCUT2D eigenvalue weighted by Crippen LogP contribution is -1.95. The van der Waals surface area contributed by atoms with Gasteiger partial charge in [0.15, 0.2) is 5.82 Å². The normalized spacial score (nSPS) is 10.6. The number of aromatic nitrogens is 5. The van der Waals surface area contributed by atoms with Gasteiger partial charge in [-0.25, -0.2) is 9.67 Å². The summed E-state index contributed by atoms with van der Waals surface area (Å²) in [5, 5.41) is 11.5. The number of hydrogen-bond acceptors (Lipinski definition) is 5. The van der Waals surface area contributed by atoms with Gasteiger partial charge in [-0.1, -0.05) is 18.2 Å². The SMILES string of the molecule is Cn1nnnc1-c1cccc(-c2ccc(N)nc2)c1. The Bertz CT molecular complexity index is 701. The van der Waals surface area contributed by atoms with E-state index in [9.17, 15) is 0 Å². The summed E-state index contributed by atoms with van der Waals surface area (Å²) in [7, 11) is 1.81. The molecular weight excluding hydrogens is 240 g/mol. The van der Waals surface area contributed by atoms with Crippen molar-refractivity contribution in [1.82, 2.24) is 25.2 Å². The second kappa shape index (κ2) is 4.49. The van der Waals surface area contributed by atoms with E-state index in [1.54, 1.807) is 16.9 Å². The molecule has 3 aromatic rings. The van der Waals surface area contributed by atoms with Gasteiger partial charge in [0.1, 0.15) is 5.82 Å². The third-order valence-electron chi connectivity index (χ3n) is 2.86. The van der Waals surface area contributed by atoms with Crippen molar-refractivity contribution in [3.05, 3.63) is 42.6 Å². The maximum absolute atomic E-state index is 5.59. The molecule has 0 fully saturated rings. The molecule has 3 rings (SSSR count). The van der Waals surface area contributed by atoms with Crippen molar-refractivity contribution in [2.24, 2.45) is 7.05 Å². The summed E-state index contributed by atoms with van der Waals surface area (Å²) in [6.07, 6.45) is 1.75. The predicted molar refractivity (Wildman–Crippen MR) is 71.9 cm³/mol. The van der Waals surface area contributed by atoms with Crippen LogP contribution in [0.5, 0.6) is 0 Å². The molecule has 0 aliphatic heterocycles. The van der Waals surface area contributed by atoms with Gasteiger partial charge in [0.05, 0.1) is 0 Å². The third kappa shape index (κ3) is 2.15. The summed E-state index contributed by atoms with van der Waals surface area (Å²) in [5.74, 6) is 1.24. The molecule has 0 atom stereocenters. The van der Waals surface area contributed by atoms with Gasteiger partial charge in [0, 0.05) is 24.4 Å². The molecule has 19 heavy (non-hydrogen) atoms. The minimum atomic E-state index is 0.511. The minimum Gasteiger partial charge on any atom is -0.384 e. The Morgan fingerprint density at radius 2 is 1.89 bits per heavy atom. The van der Waals surface area contributed by atoms with E-state index < -0.39 is 0 Å². The predicted octanol–water partition coefficient (Wildman–Crippen LogP) is 1.52. The van der Waals surface area contributed by atoms with E-state index in [4.69, 9.17) is 5.73 Å². The van der Waals surface area contributed by atoms with Crippen LogP contribution < -0.4 is 5.73 Å². The summed E-state index contributed by atoms with van der Waals surface area (Å²) in [6.45, 7) is 0. The topological polar surface area (TPSA) is 82.5 Å². The molecule has 0 aliphatic carbocycles. The quantitative estimate of drug-likeness (QED) is 0.747. The Labute approximate surface area is 109 Å². The number of nitrogen functional groups attached to an aromatic ring is 1. The highest BCUT2D eigenvalue weighted by atomic mass is 15.5. The molecule has 2 heterocycles. The van der Waals surface area contributed by atoms with Gasteiger partial charge < -0.3 is 5.73 Å². The largest absolute Gasteiger partial charge is 0.384 e. The van der Waals surface area contributed by atoms with E-state index in [1.165, 1.54) is 0 Å². The van der Waals surface area contributed by atoms with E-state index in [1.807, 2.05) is 37.4 Å². The first-order valence-corrected chi connectivity index (χ1v) is 5.79. The fourth-order valence-corrected chi connectivity index (χ4v) is 1.89. The van der Waals surface area contributed by atoms with Crippen molar-refractivity contribution < 1.29 is 0 Å². The number of rotatable bonds is 2. The van der Waals surface area contributed by atoms with Crippen molar-refractivity contribution in [3.8, 4) is 22.5 Å². The minimum absolute atomic E-state index is 0.511. The molecule has 0 saturated heterocycles. The fraction of sp³-hybridized carbons (Fsp3) is 0.0769. The Hall–Kier alpha value is -2.76. The second-order valence-electron chi connectivity index (χ2n) is 4.18. The number of hydrogen-bond donors (Lipinski definition) is 1. The van der Waals surface area contributed by atoms with Gasteiger partial charge in [-0.15, -0.1) is 5.10 Å². The number of nitrogens with zero attached hydrogens (tertiary/aromatic N) is 5. The second-order valence-corrected chi connectivity index (χ2v) is 4.18. The molecule has 6 nitrogen and oxygen atoms in total. The van der Waals surface area contributed by atoms with Gasteiger partial charge in [-0.2, -0.15) is 0 Å². The van der Waals surface area contributed by atoms with Crippen LogP contribution in [0.4, 0.5) is 5.82 Å². The molecule has 1 aromatic carbocycles. The molecule has 0 spiro atoms. The van der Waals surface area contributed by atoms with E-state index >= 15 is 0 Å². The summed E-state index contributed by atoms with van der Waals surface area (Å²) in [5.41, 5.74) is 8.61. The van der Waals surface area contributed by atoms with Gasteiger partial charge in [-0.3, -0.25) is 0 Å². The van der Waals surface area contributed by atoms with E-state index in [0.29, 0.717) is 5.82 Å². The Morgan fingerprint density at radius 1 is 1.05 bits per heavy atom. The summed E-state index contributed by atoms with van der Waals surface area (Å²) in [6, 6.07) is 11.7. The molecule has 6 heteroatoms. The third-order valence-corrected chi connectivity index (χ3v) is 2.86. The number of anilines is 1. The van der Waals surface area contributed by atoms with Crippen molar-refractivity contribution in [2.75, 3.05) is 5.73 Å². The zero-order valence-electron chi connectivity index (χ0n) is 10.4.